The molecule has 3 aromatic heterocycles. The molecule has 0 spiro atoms. The van der Waals surface area contributed by atoms with Gasteiger partial charge in [0.2, 0.25) is 0 Å². The van der Waals surface area contributed by atoms with E-state index in [1.807, 2.05) is 4.52 Å². The first-order valence-electron chi connectivity index (χ1n) is 9.81. The standard InChI is InChI=1S/C25H22IN3/c1-16-24-17(2)28(14-19-7-5-4-6-8-19)18(3)25(24)23-13-21(15-29(23)27-16)20-9-11-22(26)12-10-20/h4-13,15H,14H2,1-3H3. The zero-order chi connectivity index (χ0) is 20.1. The lowest BCUT2D eigenvalue weighted by Gasteiger charge is -2.09. The van der Waals surface area contributed by atoms with E-state index in [1.165, 1.54) is 47.9 Å². The van der Waals surface area contributed by atoms with Gasteiger partial charge in [-0.3, -0.25) is 0 Å². The van der Waals surface area contributed by atoms with Gasteiger partial charge in [-0.25, -0.2) is 4.52 Å². The summed E-state index contributed by atoms with van der Waals surface area (Å²) in [5, 5.41) is 7.48. The van der Waals surface area contributed by atoms with Gasteiger partial charge < -0.3 is 4.57 Å². The molecule has 0 aliphatic rings. The summed E-state index contributed by atoms with van der Waals surface area (Å²) in [5.74, 6) is 0. The van der Waals surface area contributed by atoms with Crippen LogP contribution in [0, 0.1) is 24.3 Å². The molecule has 0 atom stereocenters. The maximum Gasteiger partial charge on any atom is 0.0749 e. The van der Waals surface area contributed by atoms with E-state index in [9.17, 15) is 0 Å². The number of fused-ring (bicyclic) bond motifs is 3. The lowest BCUT2D eigenvalue weighted by molar-refractivity contribution is 0.754. The van der Waals surface area contributed by atoms with Crippen molar-refractivity contribution in [2.24, 2.45) is 0 Å². The summed E-state index contributed by atoms with van der Waals surface area (Å²) in [6.07, 6.45) is 2.15. The number of nitrogens with zero attached hydrogens (tertiary/aromatic N) is 3. The van der Waals surface area contributed by atoms with Crippen LogP contribution in [0.3, 0.4) is 0 Å². The minimum absolute atomic E-state index is 0.878. The Labute approximate surface area is 184 Å². The van der Waals surface area contributed by atoms with Crippen LogP contribution in [0.1, 0.15) is 22.6 Å². The number of aryl methyl sites for hydroxylation is 3. The van der Waals surface area contributed by atoms with Crippen molar-refractivity contribution in [3.63, 3.8) is 0 Å². The van der Waals surface area contributed by atoms with E-state index in [1.54, 1.807) is 0 Å². The predicted molar refractivity (Wildman–Crippen MR) is 129 cm³/mol. The SMILES string of the molecule is Cc1nn2cc(-c3ccc(I)cc3)cc2c2c(C)n(Cc3ccccc3)c(C)c12. The molecule has 2 aromatic carbocycles. The molecule has 0 saturated heterocycles. The fourth-order valence-corrected chi connectivity index (χ4v) is 4.74. The van der Waals surface area contributed by atoms with Crippen molar-refractivity contribution in [3.8, 4) is 11.1 Å². The monoisotopic (exact) mass is 491 g/mol. The van der Waals surface area contributed by atoms with E-state index in [-0.39, 0.29) is 0 Å². The molecule has 5 rings (SSSR count). The van der Waals surface area contributed by atoms with E-state index in [4.69, 9.17) is 5.10 Å². The topological polar surface area (TPSA) is 22.2 Å². The van der Waals surface area contributed by atoms with Crippen molar-refractivity contribution in [2.45, 2.75) is 27.3 Å². The van der Waals surface area contributed by atoms with Gasteiger partial charge in [-0.05, 0) is 72.7 Å². The van der Waals surface area contributed by atoms with Gasteiger partial charge in [0, 0.05) is 44.0 Å². The highest BCUT2D eigenvalue weighted by Crippen LogP contribution is 2.34. The highest BCUT2D eigenvalue weighted by Gasteiger charge is 2.18. The molecule has 0 unspecified atom stereocenters. The van der Waals surface area contributed by atoms with E-state index < -0.39 is 0 Å². The Kier molecular flexibility index (Phi) is 4.46. The van der Waals surface area contributed by atoms with Crippen LogP contribution in [0.15, 0.2) is 66.9 Å². The summed E-state index contributed by atoms with van der Waals surface area (Å²) < 4.78 is 5.71. The van der Waals surface area contributed by atoms with E-state index in [0.717, 1.165) is 12.2 Å². The molecular formula is C25H22IN3. The first kappa shape index (κ1) is 18.4. The molecule has 0 radical (unpaired) electrons. The van der Waals surface area contributed by atoms with E-state index in [2.05, 4.69) is 115 Å². The van der Waals surface area contributed by atoms with Crippen LogP contribution < -0.4 is 0 Å². The molecule has 0 aliphatic heterocycles. The Balaban J connectivity index is 1.73. The van der Waals surface area contributed by atoms with Crippen molar-refractivity contribution >= 4 is 38.9 Å². The van der Waals surface area contributed by atoms with Crippen molar-refractivity contribution < 1.29 is 0 Å². The van der Waals surface area contributed by atoms with Crippen molar-refractivity contribution in [1.29, 1.82) is 0 Å². The van der Waals surface area contributed by atoms with Gasteiger partial charge in [0.15, 0.2) is 0 Å². The average molecular weight is 491 g/mol. The zero-order valence-corrected chi connectivity index (χ0v) is 18.9. The minimum atomic E-state index is 0.878. The van der Waals surface area contributed by atoms with Gasteiger partial charge in [-0.1, -0.05) is 42.5 Å². The Morgan fingerprint density at radius 1 is 0.828 bits per heavy atom. The number of benzene rings is 2. The van der Waals surface area contributed by atoms with Gasteiger partial charge in [-0.2, -0.15) is 5.10 Å². The first-order chi connectivity index (χ1) is 14.0. The first-order valence-corrected chi connectivity index (χ1v) is 10.9. The molecule has 29 heavy (non-hydrogen) atoms. The third kappa shape index (κ3) is 3.06. The molecule has 0 N–H and O–H groups in total. The van der Waals surface area contributed by atoms with Crippen LogP contribution in [-0.4, -0.2) is 14.2 Å². The highest BCUT2D eigenvalue weighted by molar-refractivity contribution is 14.1. The van der Waals surface area contributed by atoms with Crippen LogP contribution in [0.4, 0.5) is 0 Å². The van der Waals surface area contributed by atoms with Crippen molar-refractivity contribution in [1.82, 2.24) is 14.2 Å². The molecule has 0 aliphatic carbocycles. The summed E-state index contributed by atoms with van der Waals surface area (Å²) in [4.78, 5) is 0. The summed E-state index contributed by atoms with van der Waals surface area (Å²) in [5.41, 5.74) is 8.57. The molecular weight excluding hydrogens is 469 g/mol. The van der Waals surface area contributed by atoms with E-state index in [0.29, 0.717) is 0 Å². The van der Waals surface area contributed by atoms with Crippen molar-refractivity contribution in [2.75, 3.05) is 0 Å². The fraction of sp³-hybridized carbons (Fsp3) is 0.160. The maximum absolute atomic E-state index is 4.89. The quantitative estimate of drug-likeness (QED) is 0.263. The largest absolute Gasteiger partial charge is 0.343 e. The van der Waals surface area contributed by atoms with Crippen LogP contribution in [0.5, 0.6) is 0 Å². The zero-order valence-electron chi connectivity index (χ0n) is 16.8. The third-order valence-corrected chi connectivity index (χ3v) is 6.54. The van der Waals surface area contributed by atoms with Gasteiger partial charge in [0.25, 0.3) is 0 Å². The van der Waals surface area contributed by atoms with Gasteiger partial charge in [-0.15, -0.1) is 0 Å². The third-order valence-electron chi connectivity index (χ3n) is 5.82. The lowest BCUT2D eigenvalue weighted by Crippen LogP contribution is -2.03. The molecule has 0 saturated carbocycles. The Hall–Kier alpha value is -2.60. The Morgan fingerprint density at radius 3 is 2.24 bits per heavy atom. The second kappa shape index (κ2) is 7.02. The number of halogens is 1. The normalized spacial score (nSPS) is 11.6. The Bertz CT molecular complexity index is 1340. The second-order valence-corrected chi connectivity index (χ2v) is 8.89. The Morgan fingerprint density at radius 2 is 1.52 bits per heavy atom. The van der Waals surface area contributed by atoms with Crippen LogP contribution in [0.25, 0.3) is 27.4 Å². The van der Waals surface area contributed by atoms with Crippen LogP contribution in [-0.2, 0) is 6.54 Å². The molecule has 0 fully saturated rings. The van der Waals surface area contributed by atoms with Crippen molar-refractivity contribution in [3.05, 3.63) is 93.1 Å². The van der Waals surface area contributed by atoms with Gasteiger partial charge in [0.1, 0.15) is 0 Å². The molecule has 3 nitrogen and oxygen atoms in total. The minimum Gasteiger partial charge on any atom is -0.343 e. The molecule has 3 heterocycles. The fourth-order valence-electron chi connectivity index (χ4n) is 4.38. The smallest absolute Gasteiger partial charge is 0.0749 e. The summed E-state index contributed by atoms with van der Waals surface area (Å²) in [6, 6.07) is 21.6. The molecule has 4 heteroatoms. The number of hydrogen-bond donors (Lipinski definition) is 0. The predicted octanol–water partition coefficient (Wildman–Crippen LogP) is 6.53. The van der Waals surface area contributed by atoms with E-state index >= 15 is 0 Å². The number of hydrogen-bond acceptors (Lipinski definition) is 1. The number of aromatic nitrogens is 3. The van der Waals surface area contributed by atoms with Gasteiger partial charge in [0.05, 0.1) is 11.2 Å². The highest BCUT2D eigenvalue weighted by atomic mass is 127. The second-order valence-electron chi connectivity index (χ2n) is 7.64. The molecule has 0 bridgehead atoms. The number of rotatable bonds is 3. The molecule has 0 amide bonds. The average Bonchev–Trinajstić information content (AvgIpc) is 3.24. The van der Waals surface area contributed by atoms with Crippen LogP contribution in [0.2, 0.25) is 0 Å². The van der Waals surface area contributed by atoms with Gasteiger partial charge >= 0.3 is 0 Å². The summed E-state index contributed by atoms with van der Waals surface area (Å²) in [7, 11) is 0. The molecule has 5 aromatic rings. The maximum atomic E-state index is 4.89. The molecule has 144 valence electrons. The lowest BCUT2D eigenvalue weighted by atomic mass is 10.1. The summed E-state index contributed by atoms with van der Waals surface area (Å²) >= 11 is 2.35. The van der Waals surface area contributed by atoms with Crippen LogP contribution >= 0.6 is 22.6 Å². The summed E-state index contributed by atoms with van der Waals surface area (Å²) in [6.45, 7) is 7.44.